The van der Waals surface area contributed by atoms with Crippen molar-refractivity contribution < 1.29 is 19.1 Å². The number of ether oxygens (including phenoxy) is 2. The molecule has 1 amide bonds. The maximum Gasteiger partial charge on any atom is 0.237 e. The number of piperidine rings is 2. The topological polar surface area (TPSA) is 59.1 Å². The summed E-state index contributed by atoms with van der Waals surface area (Å²) in [6.45, 7) is 2.02. The number of ketones is 1. The number of nitrogens with zero attached hydrogens (tertiary/aromatic N) is 2. The highest BCUT2D eigenvalue weighted by Crippen LogP contribution is 2.34. The highest BCUT2D eigenvalue weighted by molar-refractivity contribution is 5.86. The third-order valence-electron chi connectivity index (χ3n) is 6.23. The predicted molar refractivity (Wildman–Crippen MR) is 101 cm³/mol. The molecule has 1 aromatic carbocycles. The Bertz CT molecular complexity index is 732. The van der Waals surface area contributed by atoms with Crippen LogP contribution in [0, 0.1) is 0 Å². The summed E-state index contributed by atoms with van der Waals surface area (Å²) in [7, 11) is 3.29. The fourth-order valence-electron chi connectivity index (χ4n) is 4.93. The molecule has 2 unspecified atom stereocenters. The highest BCUT2D eigenvalue weighted by atomic mass is 16.5. The first-order valence-electron chi connectivity index (χ1n) is 9.88. The van der Waals surface area contributed by atoms with Crippen LogP contribution in [0.3, 0.4) is 0 Å². The Hall–Kier alpha value is -2.08. The average molecular weight is 372 g/mol. The number of rotatable bonds is 4. The number of amides is 1. The second-order valence-electron chi connectivity index (χ2n) is 7.92. The van der Waals surface area contributed by atoms with Crippen LogP contribution in [0.15, 0.2) is 12.1 Å². The van der Waals surface area contributed by atoms with Crippen LogP contribution >= 0.6 is 0 Å². The molecule has 2 saturated heterocycles. The zero-order valence-corrected chi connectivity index (χ0v) is 16.2. The molecule has 6 heteroatoms. The van der Waals surface area contributed by atoms with Crippen LogP contribution in [0.2, 0.25) is 0 Å². The molecular formula is C21H28N2O4. The molecule has 3 aliphatic heterocycles. The van der Waals surface area contributed by atoms with Crippen LogP contribution in [-0.4, -0.2) is 60.9 Å². The van der Waals surface area contributed by atoms with E-state index in [2.05, 4.69) is 4.90 Å². The van der Waals surface area contributed by atoms with Gasteiger partial charge in [0.2, 0.25) is 5.91 Å². The third-order valence-corrected chi connectivity index (χ3v) is 6.23. The number of hydrogen-bond donors (Lipinski definition) is 0. The van der Waals surface area contributed by atoms with E-state index < -0.39 is 0 Å². The maximum atomic E-state index is 13.1. The van der Waals surface area contributed by atoms with E-state index in [1.165, 1.54) is 11.1 Å². The van der Waals surface area contributed by atoms with Gasteiger partial charge in [-0.1, -0.05) is 0 Å². The number of Topliss-reactive ketones (excluding diaryl/α,β-unsaturated/α-hetero) is 1. The molecule has 0 saturated carbocycles. The first-order valence-corrected chi connectivity index (χ1v) is 9.88. The molecule has 2 atom stereocenters. The SMILES string of the molecule is COc1cc2c(cc1OC)CN(CC(=O)N1C3CCCC1CC(=O)C3)CC2. The van der Waals surface area contributed by atoms with Gasteiger partial charge in [0.15, 0.2) is 11.5 Å². The van der Waals surface area contributed by atoms with E-state index in [1.54, 1.807) is 14.2 Å². The van der Waals surface area contributed by atoms with E-state index in [0.717, 1.165) is 50.3 Å². The van der Waals surface area contributed by atoms with E-state index in [4.69, 9.17) is 9.47 Å². The smallest absolute Gasteiger partial charge is 0.237 e. The molecule has 27 heavy (non-hydrogen) atoms. The lowest BCUT2D eigenvalue weighted by Crippen LogP contribution is -2.57. The van der Waals surface area contributed by atoms with Gasteiger partial charge in [0, 0.05) is 38.0 Å². The molecule has 3 aliphatic rings. The zero-order chi connectivity index (χ0) is 19.0. The number of carbonyl (C=O) groups excluding carboxylic acids is 2. The van der Waals surface area contributed by atoms with Gasteiger partial charge < -0.3 is 14.4 Å². The van der Waals surface area contributed by atoms with Crippen molar-refractivity contribution in [1.29, 1.82) is 0 Å². The highest BCUT2D eigenvalue weighted by Gasteiger charge is 2.40. The molecule has 2 fully saturated rings. The molecule has 2 bridgehead atoms. The summed E-state index contributed by atoms with van der Waals surface area (Å²) in [6.07, 6.45) is 5.05. The largest absolute Gasteiger partial charge is 0.493 e. The number of carbonyl (C=O) groups is 2. The number of methoxy groups -OCH3 is 2. The van der Waals surface area contributed by atoms with Crippen molar-refractivity contribution in [1.82, 2.24) is 9.80 Å². The lowest BCUT2D eigenvalue weighted by atomic mass is 9.83. The van der Waals surface area contributed by atoms with Crippen molar-refractivity contribution in [2.24, 2.45) is 0 Å². The summed E-state index contributed by atoms with van der Waals surface area (Å²) in [4.78, 5) is 29.2. The molecule has 146 valence electrons. The van der Waals surface area contributed by atoms with Crippen molar-refractivity contribution in [3.8, 4) is 11.5 Å². The van der Waals surface area contributed by atoms with Crippen molar-refractivity contribution >= 4 is 11.7 Å². The normalized spacial score (nSPS) is 25.1. The van der Waals surface area contributed by atoms with Crippen molar-refractivity contribution in [2.75, 3.05) is 27.3 Å². The maximum absolute atomic E-state index is 13.1. The standard InChI is InChI=1S/C21H28N2O4/c1-26-19-8-14-6-7-22(12-15(14)9-20(19)27-2)13-21(25)23-16-4-3-5-17(23)11-18(24)10-16/h8-9,16-17H,3-7,10-13H2,1-2H3. The first kappa shape index (κ1) is 18.3. The Labute approximate surface area is 160 Å². The lowest BCUT2D eigenvalue weighted by molar-refractivity contribution is -0.145. The summed E-state index contributed by atoms with van der Waals surface area (Å²) >= 11 is 0. The minimum atomic E-state index is 0.124. The minimum Gasteiger partial charge on any atom is -0.493 e. The molecule has 0 radical (unpaired) electrons. The van der Waals surface area contributed by atoms with Crippen LogP contribution in [0.5, 0.6) is 11.5 Å². The molecule has 4 rings (SSSR count). The molecule has 0 N–H and O–H groups in total. The zero-order valence-electron chi connectivity index (χ0n) is 16.2. The van der Waals surface area contributed by atoms with Gasteiger partial charge in [0.25, 0.3) is 0 Å². The van der Waals surface area contributed by atoms with Crippen molar-refractivity contribution in [2.45, 2.75) is 57.2 Å². The number of fused-ring (bicyclic) bond motifs is 3. The fraction of sp³-hybridized carbons (Fsp3) is 0.619. The van der Waals surface area contributed by atoms with Gasteiger partial charge >= 0.3 is 0 Å². The summed E-state index contributed by atoms with van der Waals surface area (Å²) < 4.78 is 10.8. The van der Waals surface area contributed by atoms with Crippen molar-refractivity contribution in [3.63, 3.8) is 0 Å². The van der Waals surface area contributed by atoms with E-state index in [9.17, 15) is 9.59 Å². The number of hydrogen-bond acceptors (Lipinski definition) is 5. The Balaban J connectivity index is 1.45. The Morgan fingerprint density at radius 3 is 2.33 bits per heavy atom. The fourth-order valence-corrected chi connectivity index (χ4v) is 4.93. The van der Waals surface area contributed by atoms with Crippen LogP contribution in [0.4, 0.5) is 0 Å². The second kappa shape index (κ2) is 7.50. The molecule has 0 aliphatic carbocycles. The molecular weight excluding hydrogens is 344 g/mol. The van der Waals surface area contributed by atoms with E-state index in [1.807, 2.05) is 17.0 Å². The average Bonchev–Trinajstić information content (AvgIpc) is 2.65. The molecule has 3 heterocycles. The predicted octanol–water partition coefficient (Wildman–Crippen LogP) is 2.17. The summed E-state index contributed by atoms with van der Waals surface area (Å²) in [6, 6.07) is 4.32. The quantitative estimate of drug-likeness (QED) is 0.811. The van der Waals surface area contributed by atoms with Gasteiger partial charge in [0.05, 0.1) is 20.8 Å². The summed E-state index contributed by atoms with van der Waals surface area (Å²) in [5, 5.41) is 0. The second-order valence-corrected chi connectivity index (χ2v) is 7.92. The monoisotopic (exact) mass is 372 g/mol. The van der Waals surface area contributed by atoms with Crippen LogP contribution in [0.1, 0.15) is 43.2 Å². The van der Waals surface area contributed by atoms with E-state index >= 15 is 0 Å². The van der Waals surface area contributed by atoms with Crippen LogP contribution in [-0.2, 0) is 22.6 Å². The van der Waals surface area contributed by atoms with Crippen LogP contribution < -0.4 is 9.47 Å². The third kappa shape index (κ3) is 3.55. The van der Waals surface area contributed by atoms with Gasteiger partial charge in [-0.3, -0.25) is 14.5 Å². The van der Waals surface area contributed by atoms with Gasteiger partial charge in [-0.2, -0.15) is 0 Å². The molecule has 0 aromatic heterocycles. The Kier molecular flexibility index (Phi) is 5.08. The van der Waals surface area contributed by atoms with Gasteiger partial charge in [-0.15, -0.1) is 0 Å². The lowest BCUT2D eigenvalue weighted by Gasteiger charge is -2.46. The van der Waals surface area contributed by atoms with Crippen molar-refractivity contribution in [3.05, 3.63) is 23.3 Å². The van der Waals surface area contributed by atoms with E-state index in [-0.39, 0.29) is 18.0 Å². The van der Waals surface area contributed by atoms with E-state index in [0.29, 0.717) is 25.2 Å². The summed E-state index contributed by atoms with van der Waals surface area (Å²) in [5.74, 6) is 1.99. The van der Waals surface area contributed by atoms with Gasteiger partial charge in [0.1, 0.15) is 5.78 Å². The molecule has 1 aromatic rings. The minimum absolute atomic E-state index is 0.124. The van der Waals surface area contributed by atoms with Gasteiger partial charge in [-0.25, -0.2) is 0 Å². The number of benzene rings is 1. The Morgan fingerprint density at radius 1 is 1.07 bits per heavy atom. The molecule has 6 nitrogen and oxygen atoms in total. The first-order chi connectivity index (χ1) is 13.1. The Morgan fingerprint density at radius 2 is 1.70 bits per heavy atom. The van der Waals surface area contributed by atoms with Gasteiger partial charge in [-0.05, 0) is 48.9 Å². The summed E-state index contributed by atoms with van der Waals surface area (Å²) in [5.41, 5.74) is 2.46. The molecule has 0 spiro atoms. The van der Waals surface area contributed by atoms with Crippen LogP contribution in [0.25, 0.3) is 0 Å².